The van der Waals surface area contributed by atoms with Gasteiger partial charge in [-0.15, -0.1) is 0 Å². The number of hydrogen-bond acceptors (Lipinski definition) is 7. The van der Waals surface area contributed by atoms with Crippen molar-refractivity contribution in [3.63, 3.8) is 0 Å². The van der Waals surface area contributed by atoms with Crippen molar-refractivity contribution in [3.05, 3.63) is 53.6 Å². The number of sulfone groups is 1. The lowest BCUT2D eigenvalue weighted by Crippen LogP contribution is -2.28. The maximum atomic E-state index is 13.7. The van der Waals surface area contributed by atoms with Crippen molar-refractivity contribution in [1.29, 1.82) is 0 Å². The van der Waals surface area contributed by atoms with E-state index in [0.29, 0.717) is 34.3 Å². The van der Waals surface area contributed by atoms with Gasteiger partial charge in [0, 0.05) is 31.6 Å². The van der Waals surface area contributed by atoms with Gasteiger partial charge in [-0.1, -0.05) is 29.8 Å². The van der Waals surface area contributed by atoms with Crippen molar-refractivity contribution in [2.45, 2.75) is 24.5 Å². The van der Waals surface area contributed by atoms with E-state index in [1.807, 2.05) is 42.2 Å². The number of alkyl halides is 1. The highest BCUT2D eigenvalue weighted by Gasteiger charge is 2.26. The van der Waals surface area contributed by atoms with Crippen molar-refractivity contribution in [3.8, 4) is 0 Å². The number of anilines is 2. The molecule has 0 saturated heterocycles. The van der Waals surface area contributed by atoms with Crippen LogP contribution in [0.1, 0.15) is 11.1 Å². The first kappa shape index (κ1) is 20.5. The van der Waals surface area contributed by atoms with Crippen molar-refractivity contribution < 1.29 is 12.8 Å². The second-order valence-corrected chi connectivity index (χ2v) is 9.53. The largest absolute Gasteiger partial charge is 0.366 e. The molecule has 2 aromatic carbocycles. The first-order valence-corrected chi connectivity index (χ1v) is 11.4. The van der Waals surface area contributed by atoms with Crippen molar-refractivity contribution in [2.24, 2.45) is 5.73 Å². The van der Waals surface area contributed by atoms with Crippen LogP contribution in [0.5, 0.6) is 0 Å². The van der Waals surface area contributed by atoms with Gasteiger partial charge in [0.2, 0.25) is 5.95 Å². The standard InChI is InChI=1S/C21H24FN5O2S/c1-14-6-7-18-17(10-14)20(24-12-16(22)11-23)26-21(25-18)27-8-9-30(28,29)19-5-3-2-4-15(19)13-27/h2-7,10,16H,8-9,11-13,23H2,1H3,(H,24,25,26). The van der Waals surface area contributed by atoms with Gasteiger partial charge in [0.1, 0.15) is 12.0 Å². The third-order valence-electron chi connectivity index (χ3n) is 5.17. The third kappa shape index (κ3) is 4.08. The van der Waals surface area contributed by atoms with Gasteiger partial charge in [-0.05, 0) is 30.7 Å². The maximum Gasteiger partial charge on any atom is 0.228 e. The van der Waals surface area contributed by atoms with Crippen LogP contribution in [0.2, 0.25) is 0 Å². The van der Waals surface area contributed by atoms with Crippen LogP contribution in [0.4, 0.5) is 16.2 Å². The summed E-state index contributed by atoms with van der Waals surface area (Å²) in [5.74, 6) is 0.890. The summed E-state index contributed by atoms with van der Waals surface area (Å²) >= 11 is 0. The Labute approximate surface area is 175 Å². The molecule has 1 atom stereocenters. The molecule has 3 N–H and O–H groups in total. The summed E-state index contributed by atoms with van der Waals surface area (Å²) in [5.41, 5.74) is 7.85. The molecule has 4 rings (SSSR count). The first-order valence-electron chi connectivity index (χ1n) is 9.79. The first-order chi connectivity index (χ1) is 14.4. The number of rotatable bonds is 5. The number of hydrogen-bond donors (Lipinski definition) is 2. The fourth-order valence-electron chi connectivity index (χ4n) is 3.53. The predicted molar refractivity (Wildman–Crippen MR) is 116 cm³/mol. The Morgan fingerprint density at radius 1 is 1.23 bits per heavy atom. The molecule has 0 saturated carbocycles. The Morgan fingerprint density at radius 3 is 2.83 bits per heavy atom. The summed E-state index contributed by atoms with van der Waals surface area (Å²) in [7, 11) is -3.38. The van der Waals surface area contributed by atoms with Gasteiger partial charge in [-0.25, -0.2) is 17.8 Å². The molecular formula is C21H24FN5O2S. The van der Waals surface area contributed by atoms with E-state index in [0.717, 1.165) is 10.9 Å². The Morgan fingerprint density at radius 2 is 2.03 bits per heavy atom. The van der Waals surface area contributed by atoms with Crippen LogP contribution in [0.25, 0.3) is 10.9 Å². The molecule has 158 valence electrons. The second kappa shape index (κ2) is 8.16. The van der Waals surface area contributed by atoms with Crippen LogP contribution in [0.3, 0.4) is 0 Å². The number of nitrogens with one attached hydrogen (secondary N) is 1. The highest BCUT2D eigenvalue weighted by Crippen LogP contribution is 2.28. The van der Waals surface area contributed by atoms with Crippen LogP contribution in [-0.2, 0) is 16.4 Å². The zero-order valence-electron chi connectivity index (χ0n) is 16.7. The Hall–Kier alpha value is -2.78. The summed E-state index contributed by atoms with van der Waals surface area (Å²) in [6, 6.07) is 12.8. The summed E-state index contributed by atoms with van der Waals surface area (Å²) < 4.78 is 39.1. The molecule has 1 aliphatic heterocycles. The maximum absolute atomic E-state index is 13.7. The molecule has 7 nitrogen and oxygen atoms in total. The van der Waals surface area contributed by atoms with Crippen molar-refractivity contribution in [1.82, 2.24) is 9.97 Å². The van der Waals surface area contributed by atoms with Crippen LogP contribution in [0, 0.1) is 6.92 Å². The molecule has 30 heavy (non-hydrogen) atoms. The van der Waals surface area contributed by atoms with Gasteiger partial charge in [0.15, 0.2) is 9.84 Å². The molecule has 0 spiro atoms. The zero-order chi connectivity index (χ0) is 21.3. The lowest BCUT2D eigenvalue weighted by molar-refractivity contribution is 0.358. The van der Waals surface area contributed by atoms with Gasteiger partial charge in [-0.2, -0.15) is 4.98 Å². The van der Waals surface area contributed by atoms with Gasteiger partial charge >= 0.3 is 0 Å². The molecule has 0 aliphatic carbocycles. The molecule has 1 aliphatic rings. The van der Waals surface area contributed by atoms with E-state index in [1.54, 1.807) is 12.1 Å². The van der Waals surface area contributed by atoms with E-state index in [2.05, 4.69) is 15.3 Å². The average Bonchev–Trinajstić information content (AvgIpc) is 2.88. The molecule has 3 aromatic rings. The van der Waals surface area contributed by atoms with Crippen LogP contribution >= 0.6 is 0 Å². The molecule has 2 heterocycles. The van der Waals surface area contributed by atoms with E-state index in [-0.39, 0.29) is 25.4 Å². The van der Waals surface area contributed by atoms with E-state index < -0.39 is 16.0 Å². The smallest absolute Gasteiger partial charge is 0.228 e. The number of aromatic nitrogens is 2. The number of aryl methyl sites for hydroxylation is 1. The lowest BCUT2D eigenvalue weighted by atomic mass is 10.1. The third-order valence-corrected chi connectivity index (χ3v) is 6.96. The number of halogens is 1. The molecule has 0 fully saturated rings. The van der Waals surface area contributed by atoms with Crippen LogP contribution < -0.4 is 16.0 Å². The van der Waals surface area contributed by atoms with E-state index in [4.69, 9.17) is 5.73 Å². The fourth-order valence-corrected chi connectivity index (χ4v) is 5.03. The molecule has 0 amide bonds. The molecule has 1 aromatic heterocycles. The minimum absolute atomic E-state index is 0.0260. The highest BCUT2D eigenvalue weighted by atomic mass is 32.2. The lowest BCUT2D eigenvalue weighted by Gasteiger charge is -2.22. The Balaban J connectivity index is 1.76. The van der Waals surface area contributed by atoms with E-state index in [1.165, 1.54) is 0 Å². The minimum Gasteiger partial charge on any atom is -0.366 e. The van der Waals surface area contributed by atoms with Gasteiger partial charge in [-0.3, -0.25) is 0 Å². The summed E-state index contributed by atoms with van der Waals surface area (Å²) in [6.07, 6.45) is -1.20. The highest BCUT2D eigenvalue weighted by molar-refractivity contribution is 7.91. The number of fused-ring (bicyclic) bond motifs is 2. The molecule has 1 unspecified atom stereocenters. The molecule has 0 bridgehead atoms. The molecule has 0 radical (unpaired) electrons. The van der Waals surface area contributed by atoms with Crippen LogP contribution in [0.15, 0.2) is 47.4 Å². The topological polar surface area (TPSA) is 101 Å². The summed E-state index contributed by atoms with van der Waals surface area (Å²) in [4.78, 5) is 11.5. The summed E-state index contributed by atoms with van der Waals surface area (Å²) in [6.45, 7) is 2.56. The zero-order valence-corrected chi connectivity index (χ0v) is 17.5. The minimum atomic E-state index is -3.38. The van der Waals surface area contributed by atoms with Gasteiger partial charge in [0.25, 0.3) is 0 Å². The predicted octanol–water partition coefficient (Wildman–Crippen LogP) is 2.44. The SMILES string of the molecule is Cc1ccc2nc(N3CCS(=O)(=O)c4ccccc4C3)nc(NCC(F)CN)c2c1. The fraction of sp³-hybridized carbons (Fsp3) is 0.333. The molecular weight excluding hydrogens is 405 g/mol. The van der Waals surface area contributed by atoms with Gasteiger partial charge in [0.05, 0.1) is 16.2 Å². The number of nitrogens with two attached hydrogens (primary N) is 1. The Bertz CT molecular complexity index is 1190. The second-order valence-electron chi connectivity index (χ2n) is 7.45. The monoisotopic (exact) mass is 429 g/mol. The van der Waals surface area contributed by atoms with Gasteiger partial charge < -0.3 is 16.0 Å². The van der Waals surface area contributed by atoms with E-state index in [9.17, 15) is 12.8 Å². The van der Waals surface area contributed by atoms with E-state index >= 15 is 0 Å². The number of nitrogens with zero attached hydrogens (tertiary/aromatic N) is 3. The van der Waals surface area contributed by atoms with Crippen LogP contribution in [-0.4, -0.2) is 49.9 Å². The molecule has 9 heteroatoms. The summed E-state index contributed by atoms with van der Waals surface area (Å²) in [5, 5.41) is 3.83. The van der Waals surface area contributed by atoms with Crippen molar-refractivity contribution >= 4 is 32.5 Å². The normalized spacial score (nSPS) is 16.7. The van der Waals surface area contributed by atoms with Crippen molar-refractivity contribution in [2.75, 3.05) is 35.6 Å². The number of benzene rings is 2. The average molecular weight is 430 g/mol. The Kier molecular flexibility index (Phi) is 5.57. The quantitative estimate of drug-likeness (QED) is 0.642.